The van der Waals surface area contributed by atoms with E-state index in [9.17, 15) is 8.78 Å². The minimum Gasteiger partial charge on any atom is -0.357 e. The van der Waals surface area contributed by atoms with Crippen molar-refractivity contribution >= 4 is 5.95 Å². The van der Waals surface area contributed by atoms with Crippen LogP contribution in [-0.4, -0.2) is 17.0 Å². The number of nitrogens with one attached hydrogen (secondary N) is 1. The molecule has 1 aromatic carbocycles. The molecule has 5 heteroatoms. The lowest BCUT2D eigenvalue weighted by atomic mass is 10.1. The first-order chi connectivity index (χ1) is 8.52. The van der Waals surface area contributed by atoms with Gasteiger partial charge in [-0.05, 0) is 31.5 Å². The predicted molar refractivity (Wildman–Crippen MR) is 66.4 cm³/mol. The topological polar surface area (TPSA) is 37.8 Å². The Morgan fingerprint density at radius 2 is 1.78 bits per heavy atom. The van der Waals surface area contributed by atoms with Crippen LogP contribution in [-0.2, 0) is 0 Å². The Hall–Kier alpha value is -2.04. The minimum absolute atomic E-state index is 0.139. The van der Waals surface area contributed by atoms with E-state index in [0.717, 1.165) is 0 Å². The van der Waals surface area contributed by atoms with Crippen LogP contribution in [0.15, 0.2) is 18.2 Å². The molecule has 0 unspecified atom stereocenters. The Balaban J connectivity index is 2.62. The molecule has 0 aliphatic carbocycles. The lowest BCUT2D eigenvalue weighted by Gasteiger charge is -2.08. The first kappa shape index (κ1) is 12.4. The molecule has 1 N–H and O–H groups in total. The molecule has 0 saturated heterocycles. The summed E-state index contributed by atoms with van der Waals surface area (Å²) in [6.45, 7) is 3.29. The van der Waals surface area contributed by atoms with E-state index in [4.69, 9.17) is 0 Å². The summed E-state index contributed by atoms with van der Waals surface area (Å²) in [4.78, 5) is 8.23. The first-order valence-electron chi connectivity index (χ1n) is 5.51. The van der Waals surface area contributed by atoms with Crippen LogP contribution in [0.2, 0.25) is 0 Å². The van der Waals surface area contributed by atoms with Gasteiger partial charge in [-0.25, -0.2) is 18.7 Å². The lowest BCUT2D eigenvalue weighted by molar-refractivity contribution is 0.505. The maximum Gasteiger partial charge on any atom is 0.223 e. The van der Waals surface area contributed by atoms with Gasteiger partial charge >= 0.3 is 0 Å². The average molecular weight is 249 g/mol. The van der Waals surface area contributed by atoms with Crippen LogP contribution in [0.5, 0.6) is 0 Å². The molecule has 1 heterocycles. The number of hydrogen-bond acceptors (Lipinski definition) is 3. The van der Waals surface area contributed by atoms with E-state index in [-0.39, 0.29) is 11.1 Å². The van der Waals surface area contributed by atoms with Gasteiger partial charge in [0.05, 0.1) is 5.69 Å². The molecular formula is C13H13F2N3. The maximum atomic E-state index is 13.9. The van der Waals surface area contributed by atoms with Crippen LogP contribution >= 0.6 is 0 Å². The van der Waals surface area contributed by atoms with Gasteiger partial charge < -0.3 is 5.32 Å². The smallest absolute Gasteiger partial charge is 0.223 e. The zero-order valence-electron chi connectivity index (χ0n) is 10.4. The van der Waals surface area contributed by atoms with Crippen LogP contribution in [0.1, 0.15) is 11.3 Å². The van der Waals surface area contributed by atoms with Gasteiger partial charge in [0.1, 0.15) is 0 Å². The Bertz CT molecular complexity index is 597. The lowest BCUT2D eigenvalue weighted by Crippen LogP contribution is -2.01. The van der Waals surface area contributed by atoms with Crippen molar-refractivity contribution in [1.82, 2.24) is 9.97 Å². The molecule has 94 valence electrons. The molecule has 2 rings (SSSR count). The molecule has 0 fully saturated rings. The predicted octanol–water partition coefficient (Wildman–Crippen LogP) is 3.08. The fourth-order valence-corrected chi connectivity index (χ4v) is 1.66. The van der Waals surface area contributed by atoms with Crippen molar-refractivity contribution in [3.8, 4) is 11.3 Å². The van der Waals surface area contributed by atoms with Crippen LogP contribution in [0.3, 0.4) is 0 Å². The van der Waals surface area contributed by atoms with E-state index < -0.39 is 11.6 Å². The summed E-state index contributed by atoms with van der Waals surface area (Å²) >= 11 is 0. The van der Waals surface area contributed by atoms with E-state index in [0.29, 0.717) is 17.3 Å². The fraction of sp³-hybridized carbons (Fsp3) is 0.231. The highest BCUT2D eigenvalue weighted by Gasteiger charge is 2.14. The molecule has 0 amide bonds. The third-order valence-electron chi connectivity index (χ3n) is 2.63. The molecule has 0 aliphatic rings. The van der Waals surface area contributed by atoms with Gasteiger partial charge in [0.2, 0.25) is 5.95 Å². The third-order valence-corrected chi connectivity index (χ3v) is 2.63. The van der Waals surface area contributed by atoms with Crippen molar-refractivity contribution in [3.63, 3.8) is 0 Å². The molecule has 2 aromatic rings. The van der Waals surface area contributed by atoms with Crippen LogP contribution < -0.4 is 5.32 Å². The Kier molecular flexibility index (Phi) is 3.23. The number of halogens is 2. The average Bonchev–Trinajstić information content (AvgIpc) is 2.35. The summed E-state index contributed by atoms with van der Waals surface area (Å²) in [5.41, 5.74) is 1.46. The zero-order chi connectivity index (χ0) is 13.3. The van der Waals surface area contributed by atoms with E-state index in [1.165, 1.54) is 19.1 Å². The monoisotopic (exact) mass is 249 g/mol. The Morgan fingerprint density at radius 3 is 2.44 bits per heavy atom. The highest BCUT2D eigenvalue weighted by molar-refractivity contribution is 5.62. The number of hydrogen-bond donors (Lipinski definition) is 1. The van der Waals surface area contributed by atoms with Crippen LogP contribution in [0.4, 0.5) is 14.7 Å². The SMILES string of the molecule is CNc1nc(C)cc(-c2ccc(C)c(F)c2F)n1. The summed E-state index contributed by atoms with van der Waals surface area (Å²) in [6, 6.07) is 4.67. The summed E-state index contributed by atoms with van der Waals surface area (Å²) in [6.07, 6.45) is 0. The largest absolute Gasteiger partial charge is 0.357 e. The number of rotatable bonds is 2. The van der Waals surface area contributed by atoms with Gasteiger partial charge in [-0.1, -0.05) is 6.07 Å². The maximum absolute atomic E-state index is 13.9. The molecule has 0 radical (unpaired) electrons. The summed E-state index contributed by atoms with van der Waals surface area (Å²) in [7, 11) is 1.67. The number of nitrogens with zero attached hydrogens (tertiary/aromatic N) is 2. The fourth-order valence-electron chi connectivity index (χ4n) is 1.66. The third kappa shape index (κ3) is 2.16. The van der Waals surface area contributed by atoms with Crippen molar-refractivity contribution in [3.05, 3.63) is 41.1 Å². The highest BCUT2D eigenvalue weighted by Crippen LogP contribution is 2.25. The minimum atomic E-state index is -0.879. The van der Waals surface area contributed by atoms with E-state index in [2.05, 4.69) is 15.3 Å². The highest BCUT2D eigenvalue weighted by atomic mass is 19.2. The summed E-state index contributed by atoms with van der Waals surface area (Å²) in [5, 5.41) is 2.78. The number of anilines is 1. The standard InChI is InChI=1S/C13H13F2N3/c1-7-4-5-9(12(15)11(7)14)10-6-8(2)17-13(16-3)18-10/h4-6H,1-3H3,(H,16,17,18). The van der Waals surface area contributed by atoms with E-state index in [1.54, 1.807) is 20.0 Å². The molecule has 0 spiro atoms. The van der Waals surface area contributed by atoms with Gasteiger partial charge in [-0.15, -0.1) is 0 Å². The van der Waals surface area contributed by atoms with Gasteiger partial charge in [-0.3, -0.25) is 0 Å². The second-order valence-electron chi connectivity index (χ2n) is 4.03. The van der Waals surface area contributed by atoms with E-state index >= 15 is 0 Å². The Morgan fingerprint density at radius 1 is 1.06 bits per heavy atom. The van der Waals surface area contributed by atoms with Crippen molar-refractivity contribution in [2.75, 3.05) is 12.4 Å². The summed E-state index contributed by atoms with van der Waals surface area (Å²) < 4.78 is 27.4. The molecule has 0 aliphatic heterocycles. The molecule has 0 saturated carbocycles. The van der Waals surface area contributed by atoms with Gasteiger partial charge in [-0.2, -0.15) is 0 Å². The molecule has 0 bridgehead atoms. The number of aromatic nitrogens is 2. The second kappa shape index (κ2) is 4.68. The van der Waals surface area contributed by atoms with Gasteiger partial charge in [0, 0.05) is 18.3 Å². The van der Waals surface area contributed by atoms with E-state index in [1.807, 2.05) is 0 Å². The number of aryl methyl sites for hydroxylation is 2. The molecule has 1 aromatic heterocycles. The van der Waals surface area contributed by atoms with Gasteiger partial charge in [0.15, 0.2) is 11.6 Å². The van der Waals surface area contributed by atoms with Crippen molar-refractivity contribution in [2.24, 2.45) is 0 Å². The van der Waals surface area contributed by atoms with Crippen molar-refractivity contribution in [1.29, 1.82) is 0 Å². The second-order valence-corrected chi connectivity index (χ2v) is 4.03. The zero-order valence-corrected chi connectivity index (χ0v) is 10.4. The van der Waals surface area contributed by atoms with Gasteiger partial charge in [0.25, 0.3) is 0 Å². The molecule has 0 atom stereocenters. The Labute approximate surface area is 104 Å². The van der Waals surface area contributed by atoms with Crippen molar-refractivity contribution < 1.29 is 8.78 Å². The van der Waals surface area contributed by atoms with Crippen LogP contribution in [0.25, 0.3) is 11.3 Å². The number of benzene rings is 1. The summed E-state index contributed by atoms with van der Waals surface area (Å²) in [5.74, 6) is -1.34. The van der Waals surface area contributed by atoms with Crippen molar-refractivity contribution in [2.45, 2.75) is 13.8 Å². The molecular weight excluding hydrogens is 236 g/mol. The molecule has 3 nitrogen and oxygen atoms in total. The molecule has 18 heavy (non-hydrogen) atoms. The quantitative estimate of drug-likeness (QED) is 0.888. The first-order valence-corrected chi connectivity index (χ1v) is 5.51. The van der Waals surface area contributed by atoms with Crippen LogP contribution in [0, 0.1) is 25.5 Å². The normalized spacial score (nSPS) is 10.5.